The second-order valence-electron chi connectivity index (χ2n) is 4.42. The van der Waals surface area contributed by atoms with Gasteiger partial charge < -0.3 is 10.3 Å². The lowest BCUT2D eigenvalue weighted by molar-refractivity contribution is 0.372. The second kappa shape index (κ2) is 3.89. The first-order valence-electron chi connectivity index (χ1n) is 5.68. The van der Waals surface area contributed by atoms with Crippen LogP contribution in [0.5, 0.6) is 0 Å². The van der Waals surface area contributed by atoms with Gasteiger partial charge in [0.2, 0.25) is 0 Å². The standard InChI is InChI=1S/C11H13N5O/c12-11(4-1-2-5-11)10-15-9(17-16-10)8-3-6-13-14-7-8/h3,6-7H,1-2,4-5,12H2. The third-order valence-electron chi connectivity index (χ3n) is 3.20. The molecule has 2 N–H and O–H groups in total. The molecule has 0 radical (unpaired) electrons. The Balaban J connectivity index is 1.93. The van der Waals surface area contributed by atoms with Crippen molar-refractivity contribution in [2.45, 2.75) is 31.2 Å². The molecule has 0 bridgehead atoms. The summed E-state index contributed by atoms with van der Waals surface area (Å²) in [4.78, 5) is 4.36. The first kappa shape index (κ1) is 10.3. The van der Waals surface area contributed by atoms with Gasteiger partial charge in [0.05, 0.1) is 23.5 Å². The van der Waals surface area contributed by atoms with Gasteiger partial charge >= 0.3 is 0 Å². The molecular weight excluding hydrogens is 218 g/mol. The number of nitrogens with two attached hydrogens (primary N) is 1. The normalized spacial score (nSPS) is 18.4. The average Bonchev–Trinajstić information content (AvgIpc) is 2.99. The summed E-state index contributed by atoms with van der Waals surface area (Å²) >= 11 is 0. The smallest absolute Gasteiger partial charge is 0.259 e. The van der Waals surface area contributed by atoms with Crippen molar-refractivity contribution in [1.29, 1.82) is 0 Å². The zero-order valence-corrected chi connectivity index (χ0v) is 9.33. The molecular formula is C11H13N5O. The maximum Gasteiger partial charge on any atom is 0.259 e. The van der Waals surface area contributed by atoms with Crippen molar-refractivity contribution in [2.24, 2.45) is 5.73 Å². The van der Waals surface area contributed by atoms with Crippen molar-refractivity contribution in [1.82, 2.24) is 20.3 Å². The minimum absolute atomic E-state index is 0.414. The molecule has 1 fully saturated rings. The maximum absolute atomic E-state index is 6.26. The number of aromatic nitrogens is 4. The van der Waals surface area contributed by atoms with E-state index in [-0.39, 0.29) is 0 Å². The van der Waals surface area contributed by atoms with Gasteiger partial charge in [-0.2, -0.15) is 15.2 Å². The lowest BCUT2D eigenvalue weighted by Gasteiger charge is -2.17. The fraction of sp³-hybridized carbons (Fsp3) is 0.455. The van der Waals surface area contributed by atoms with Crippen molar-refractivity contribution in [3.05, 3.63) is 24.3 Å². The van der Waals surface area contributed by atoms with Gasteiger partial charge in [0, 0.05) is 0 Å². The number of rotatable bonds is 2. The minimum Gasteiger partial charge on any atom is -0.334 e. The lowest BCUT2D eigenvalue weighted by atomic mass is 9.99. The molecule has 2 aromatic heterocycles. The van der Waals surface area contributed by atoms with Gasteiger partial charge in [0.15, 0.2) is 5.82 Å². The largest absolute Gasteiger partial charge is 0.334 e. The van der Waals surface area contributed by atoms with Gasteiger partial charge in [-0.1, -0.05) is 18.0 Å². The van der Waals surface area contributed by atoms with Crippen LogP contribution in [0.3, 0.4) is 0 Å². The Labute approximate surface area is 98.2 Å². The molecule has 0 aliphatic heterocycles. The molecule has 1 saturated carbocycles. The van der Waals surface area contributed by atoms with Crippen LogP contribution in [0.15, 0.2) is 23.0 Å². The topological polar surface area (TPSA) is 90.7 Å². The van der Waals surface area contributed by atoms with Gasteiger partial charge in [-0.25, -0.2) is 0 Å². The molecule has 0 atom stereocenters. The van der Waals surface area contributed by atoms with Gasteiger partial charge in [0.1, 0.15) is 0 Å². The van der Waals surface area contributed by atoms with Crippen molar-refractivity contribution in [3.8, 4) is 11.5 Å². The molecule has 0 unspecified atom stereocenters. The highest BCUT2D eigenvalue weighted by Gasteiger charge is 2.36. The van der Waals surface area contributed by atoms with Crippen molar-refractivity contribution in [3.63, 3.8) is 0 Å². The molecule has 0 aromatic carbocycles. The minimum atomic E-state index is -0.414. The Kier molecular flexibility index (Phi) is 2.36. The third-order valence-corrected chi connectivity index (χ3v) is 3.20. The molecule has 2 heterocycles. The first-order valence-corrected chi connectivity index (χ1v) is 5.68. The van der Waals surface area contributed by atoms with Crippen LogP contribution in [-0.4, -0.2) is 20.3 Å². The van der Waals surface area contributed by atoms with Crippen LogP contribution in [0.2, 0.25) is 0 Å². The van der Waals surface area contributed by atoms with E-state index >= 15 is 0 Å². The first-order chi connectivity index (χ1) is 8.28. The molecule has 17 heavy (non-hydrogen) atoms. The van der Waals surface area contributed by atoms with E-state index in [1.54, 1.807) is 18.5 Å². The summed E-state index contributed by atoms with van der Waals surface area (Å²) in [6.45, 7) is 0. The summed E-state index contributed by atoms with van der Waals surface area (Å²) in [5.74, 6) is 1.05. The molecule has 0 spiro atoms. The highest BCUT2D eigenvalue weighted by Crippen LogP contribution is 2.35. The van der Waals surface area contributed by atoms with E-state index in [0.29, 0.717) is 11.7 Å². The summed E-state index contributed by atoms with van der Waals surface area (Å²) < 4.78 is 5.22. The van der Waals surface area contributed by atoms with Gasteiger partial charge in [-0.15, -0.1) is 0 Å². The third kappa shape index (κ3) is 1.80. The van der Waals surface area contributed by atoms with Crippen LogP contribution < -0.4 is 5.73 Å². The summed E-state index contributed by atoms with van der Waals surface area (Å²) in [7, 11) is 0. The van der Waals surface area contributed by atoms with Crippen LogP contribution in [0, 0.1) is 0 Å². The molecule has 88 valence electrons. The predicted octanol–water partition coefficient (Wildman–Crippen LogP) is 1.25. The SMILES string of the molecule is NC1(c2noc(-c3ccnnc3)n2)CCCC1. The van der Waals surface area contributed by atoms with Crippen molar-refractivity contribution >= 4 is 0 Å². The fourth-order valence-corrected chi connectivity index (χ4v) is 2.19. The summed E-state index contributed by atoms with van der Waals surface area (Å²) in [6.07, 6.45) is 7.26. The van der Waals surface area contributed by atoms with E-state index in [0.717, 1.165) is 31.2 Å². The summed E-state index contributed by atoms with van der Waals surface area (Å²) in [5, 5.41) is 11.5. The van der Waals surface area contributed by atoms with Crippen molar-refractivity contribution in [2.75, 3.05) is 0 Å². The zero-order valence-electron chi connectivity index (χ0n) is 9.33. The molecule has 1 aliphatic carbocycles. The van der Waals surface area contributed by atoms with Gasteiger partial charge in [-0.3, -0.25) is 0 Å². The van der Waals surface area contributed by atoms with E-state index in [4.69, 9.17) is 10.3 Å². The van der Waals surface area contributed by atoms with Crippen LogP contribution in [0.25, 0.3) is 11.5 Å². The molecule has 3 rings (SSSR count). The van der Waals surface area contributed by atoms with Crippen LogP contribution in [0.1, 0.15) is 31.5 Å². The highest BCUT2D eigenvalue weighted by molar-refractivity contribution is 5.49. The van der Waals surface area contributed by atoms with Crippen LogP contribution in [0.4, 0.5) is 0 Å². The Hall–Kier alpha value is -1.82. The quantitative estimate of drug-likeness (QED) is 0.836. The summed E-state index contributed by atoms with van der Waals surface area (Å²) in [6, 6.07) is 1.78. The van der Waals surface area contributed by atoms with Gasteiger partial charge in [-0.05, 0) is 18.9 Å². The van der Waals surface area contributed by atoms with E-state index in [1.807, 2.05) is 0 Å². The number of nitrogens with zero attached hydrogens (tertiary/aromatic N) is 4. The van der Waals surface area contributed by atoms with E-state index < -0.39 is 5.54 Å². The Bertz CT molecular complexity index is 504. The molecule has 6 heteroatoms. The molecule has 0 saturated heterocycles. The second-order valence-corrected chi connectivity index (χ2v) is 4.42. The number of hydrogen-bond donors (Lipinski definition) is 1. The molecule has 0 amide bonds. The molecule has 2 aromatic rings. The zero-order chi connectivity index (χ0) is 11.7. The molecule has 1 aliphatic rings. The monoisotopic (exact) mass is 231 g/mol. The average molecular weight is 231 g/mol. The Morgan fingerprint density at radius 1 is 1.24 bits per heavy atom. The molecule has 6 nitrogen and oxygen atoms in total. The van der Waals surface area contributed by atoms with E-state index in [1.165, 1.54) is 0 Å². The van der Waals surface area contributed by atoms with Gasteiger partial charge in [0.25, 0.3) is 5.89 Å². The maximum atomic E-state index is 6.26. The Morgan fingerprint density at radius 2 is 2.06 bits per heavy atom. The lowest BCUT2D eigenvalue weighted by Crippen LogP contribution is -2.34. The van der Waals surface area contributed by atoms with Crippen LogP contribution >= 0.6 is 0 Å². The predicted molar refractivity (Wildman–Crippen MR) is 59.7 cm³/mol. The fourth-order valence-electron chi connectivity index (χ4n) is 2.19. The van der Waals surface area contributed by atoms with Crippen molar-refractivity contribution < 1.29 is 4.52 Å². The summed E-state index contributed by atoms with van der Waals surface area (Å²) in [5.41, 5.74) is 6.61. The Morgan fingerprint density at radius 3 is 2.76 bits per heavy atom. The van der Waals surface area contributed by atoms with E-state index in [2.05, 4.69) is 20.3 Å². The highest BCUT2D eigenvalue weighted by atomic mass is 16.5. The van der Waals surface area contributed by atoms with Crippen LogP contribution in [-0.2, 0) is 5.54 Å². The number of hydrogen-bond acceptors (Lipinski definition) is 6. The van der Waals surface area contributed by atoms with E-state index in [9.17, 15) is 0 Å².